The van der Waals surface area contributed by atoms with Crippen LogP contribution < -0.4 is 16.0 Å². The zero-order valence-corrected chi connectivity index (χ0v) is 15.2. The van der Waals surface area contributed by atoms with Crippen LogP contribution in [0.25, 0.3) is 0 Å². The number of hydrogen-bond acceptors (Lipinski definition) is 5. The van der Waals surface area contributed by atoms with E-state index in [0.717, 1.165) is 6.42 Å². The third kappa shape index (κ3) is 8.80. The number of anilines is 2. The van der Waals surface area contributed by atoms with Gasteiger partial charge in [-0.05, 0) is 42.9 Å². The van der Waals surface area contributed by atoms with Gasteiger partial charge < -0.3 is 20.7 Å². The Kier molecular flexibility index (Phi) is 9.16. The second kappa shape index (κ2) is 11.1. The molecule has 0 aliphatic heterocycles. The van der Waals surface area contributed by atoms with Crippen LogP contribution >= 0.6 is 12.2 Å². The third-order valence-corrected chi connectivity index (χ3v) is 3.23. The minimum absolute atomic E-state index is 0.00630. The van der Waals surface area contributed by atoms with Crippen LogP contribution in [0.5, 0.6) is 0 Å². The second-order valence-corrected chi connectivity index (χ2v) is 5.61. The fraction of sp³-hybridized carbons (Fsp3) is 0.412. The average molecular weight is 365 g/mol. The number of carbonyl (C=O) groups is 3. The highest BCUT2D eigenvalue weighted by Crippen LogP contribution is 2.13. The number of ether oxygens (including phenoxy) is 1. The first kappa shape index (κ1) is 20.6. The summed E-state index contributed by atoms with van der Waals surface area (Å²) in [7, 11) is 0. The average Bonchev–Trinajstić information content (AvgIpc) is 2.59. The lowest BCUT2D eigenvalue weighted by Gasteiger charge is -2.10. The van der Waals surface area contributed by atoms with Crippen molar-refractivity contribution in [3.63, 3.8) is 0 Å². The van der Waals surface area contributed by atoms with E-state index in [1.807, 2.05) is 6.92 Å². The van der Waals surface area contributed by atoms with Crippen LogP contribution in [0.1, 0.15) is 39.5 Å². The van der Waals surface area contributed by atoms with Crippen molar-refractivity contribution in [2.45, 2.75) is 39.5 Å². The lowest BCUT2D eigenvalue weighted by atomic mass is 10.2. The van der Waals surface area contributed by atoms with Gasteiger partial charge in [0.05, 0.1) is 13.0 Å². The molecule has 0 saturated carbocycles. The SMILES string of the molecule is CCCOC(=O)CCC(=O)NC(=S)Nc1ccc(NC(=O)CC)cc1. The van der Waals surface area contributed by atoms with Crippen LogP contribution in [0.3, 0.4) is 0 Å². The number of hydrogen-bond donors (Lipinski definition) is 3. The number of benzene rings is 1. The second-order valence-electron chi connectivity index (χ2n) is 5.20. The monoisotopic (exact) mass is 365 g/mol. The molecule has 0 aliphatic carbocycles. The van der Waals surface area contributed by atoms with Gasteiger partial charge in [0.15, 0.2) is 5.11 Å². The largest absolute Gasteiger partial charge is 0.466 e. The molecule has 0 saturated heterocycles. The Balaban J connectivity index is 2.37. The Hall–Kier alpha value is -2.48. The topological polar surface area (TPSA) is 96.5 Å². The van der Waals surface area contributed by atoms with Crippen molar-refractivity contribution in [2.75, 3.05) is 17.2 Å². The molecule has 0 heterocycles. The van der Waals surface area contributed by atoms with Gasteiger partial charge in [-0.25, -0.2) is 0 Å². The minimum atomic E-state index is -0.402. The lowest BCUT2D eigenvalue weighted by Crippen LogP contribution is -2.34. The Bertz CT molecular complexity index is 617. The van der Waals surface area contributed by atoms with Crippen LogP contribution in [0.15, 0.2) is 24.3 Å². The highest BCUT2D eigenvalue weighted by atomic mass is 32.1. The number of carbonyl (C=O) groups excluding carboxylic acids is 3. The van der Waals surface area contributed by atoms with E-state index in [0.29, 0.717) is 24.4 Å². The van der Waals surface area contributed by atoms with Crippen LogP contribution in [0.2, 0.25) is 0 Å². The van der Waals surface area contributed by atoms with Crippen LogP contribution in [0, 0.1) is 0 Å². The lowest BCUT2D eigenvalue weighted by molar-refractivity contribution is -0.144. The van der Waals surface area contributed by atoms with E-state index in [-0.39, 0.29) is 29.8 Å². The predicted molar refractivity (Wildman–Crippen MR) is 100 cm³/mol. The summed E-state index contributed by atoms with van der Waals surface area (Å²) in [6.07, 6.45) is 1.17. The summed E-state index contributed by atoms with van der Waals surface area (Å²) in [6, 6.07) is 6.91. The summed E-state index contributed by atoms with van der Waals surface area (Å²) in [5, 5.41) is 8.23. The summed E-state index contributed by atoms with van der Waals surface area (Å²) >= 11 is 5.05. The molecule has 1 aromatic rings. The van der Waals surface area contributed by atoms with E-state index in [2.05, 4.69) is 16.0 Å². The van der Waals surface area contributed by atoms with Crippen molar-refractivity contribution in [1.29, 1.82) is 0 Å². The van der Waals surface area contributed by atoms with Gasteiger partial charge in [-0.1, -0.05) is 13.8 Å². The zero-order chi connectivity index (χ0) is 18.7. The molecule has 0 bridgehead atoms. The standard InChI is InChI=1S/C17H23N3O4S/c1-3-11-24-16(23)10-9-15(22)20-17(25)19-13-7-5-12(6-8-13)18-14(21)4-2/h5-8H,3-4,9-11H2,1-2H3,(H,18,21)(H2,19,20,22,25). The molecule has 0 spiro atoms. The smallest absolute Gasteiger partial charge is 0.306 e. The molecule has 7 nitrogen and oxygen atoms in total. The number of thiocarbonyl (C=S) groups is 1. The summed E-state index contributed by atoms with van der Waals surface area (Å²) in [4.78, 5) is 34.4. The molecule has 0 fully saturated rings. The quantitative estimate of drug-likeness (QED) is 0.484. The van der Waals surface area contributed by atoms with Crippen molar-refractivity contribution in [3.8, 4) is 0 Å². The molecule has 136 valence electrons. The Labute approximate surface area is 152 Å². The van der Waals surface area contributed by atoms with Crippen molar-refractivity contribution in [3.05, 3.63) is 24.3 Å². The van der Waals surface area contributed by atoms with Crippen LogP contribution in [-0.4, -0.2) is 29.5 Å². The molecule has 0 unspecified atom stereocenters. The maximum absolute atomic E-state index is 11.7. The van der Waals surface area contributed by atoms with Gasteiger partial charge in [0.25, 0.3) is 0 Å². The fourth-order valence-electron chi connectivity index (χ4n) is 1.74. The third-order valence-electron chi connectivity index (χ3n) is 3.02. The van der Waals surface area contributed by atoms with Crippen LogP contribution in [-0.2, 0) is 19.1 Å². The van der Waals surface area contributed by atoms with Gasteiger partial charge in [-0.15, -0.1) is 0 Å². The van der Waals surface area contributed by atoms with E-state index in [1.54, 1.807) is 31.2 Å². The van der Waals surface area contributed by atoms with Gasteiger partial charge in [0, 0.05) is 24.2 Å². The molecule has 0 aromatic heterocycles. The molecule has 0 atom stereocenters. The maximum atomic E-state index is 11.7. The predicted octanol–water partition coefficient (Wildman–Crippen LogP) is 2.58. The van der Waals surface area contributed by atoms with Crippen molar-refractivity contribution < 1.29 is 19.1 Å². The van der Waals surface area contributed by atoms with E-state index in [1.165, 1.54) is 0 Å². The maximum Gasteiger partial charge on any atom is 0.306 e. The number of esters is 1. The van der Waals surface area contributed by atoms with E-state index in [9.17, 15) is 14.4 Å². The number of amides is 2. The Morgan fingerprint density at radius 1 is 0.960 bits per heavy atom. The molecule has 2 amide bonds. The van der Waals surface area contributed by atoms with Gasteiger partial charge in [0.2, 0.25) is 11.8 Å². The zero-order valence-electron chi connectivity index (χ0n) is 14.4. The first-order valence-corrected chi connectivity index (χ1v) is 8.51. The first-order valence-electron chi connectivity index (χ1n) is 8.11. The number of nitrogens with one attached hydrogen (secondary N) is 3. The molecule has 1 rings (SSSR count). The summed E-state index contributed by atoms with van der Waals surface area (Å²) < 4.78 is 4.89. The minimum Gasteiger partial charge on any atom is -0.466 e. The summed E-state index contributed by atoms with van der Waals surface area (Å²) in [5.41, 5.74) is 1.35. The van der Waals surface area contributed by atoms with Gasteiger partial charge in [0.1, 0.15) is 0 Å². The Morgan fingerprint density at radius 3 is 2.12 bits per heavy atom. The molecule has 25 heavy (non-hydrogen) atoms. The van der Waals surface area contributed by atoms with E-state index >= 15 is 0 Å². The van der Waals surface area contributed by atoms with Crippen molar-refractivity contribution >= 4 is 46.5 Å². The first-order chi connectivity index (χ1) is 11.9. The normalized spacial score (nSPS) is 9.84. The molecular weight excluding hydrogens is 342 g/mol. The fourth-order valence-corrected chi connectivity index (χ4v) is 1.97. The highest BCUT2D eigenvalue weighted by molar-refractivity contribution is 7.80. The van der Waals surface area contributed by atoms with Gasteiger partial charge >= 0.3 is 5.97 Å². The Morgan fingerprint density at radius 2 is 1.56 bits per heavy atom. The van der Waals surface area contributed by atoms with Crippen molar-refractivity contribution in [2.24, 2.45) is 0 Å². The molecule has 3 N–H and O–H groups in total. The van der Waals surface area contributed by atoms with Gasteiger partial charge in [-0.2, -0.15) is 0 Å². The van der Waals surface area contributed by atoms with E-state index in [4.69, 9.17) is 17.0 Å². The number of rotatable bonds is 8. The van der Waals surface area contributed by atoms with Gasteiger partial charge in [-0.3, -0.25) is 14.4 Å². The van der Waals surface area contributed by atoms with Crippen LogP contribution in [0.4, 0.5) is 11.4 Å². The van der Waals surface area contributed by atoms with Crippen molar-refractivity contribution in [1.82, 2.24) is 5.32 Å². The highest BCUT2D eigenvalue weighted by Gasteiger charge is 2.09. The molecule has 0 radical (unpaired) electrons. The van der Waals surface area contributed by atoms with E-state index < -0.39 is 5.97 Å². The molecular formula is C17H23N3O4S. The summed E-state index contributed by atoms with van der Waals surface area (Å²) in [6.45, 7) is 4.03. The molecule has 0 aliphatic rings. The molecule has 1 aromatic carbocycles. The molecule has 8 heteroatoms. The summed E-state index contributed by atoms with van der Waals surface area (Å²) in [5.74, 6) is -0.834.